The lowest BCUT2D eigenvalue weighted by atomic mass is 10.1. The van der Waals surface area contributed by atoms with Crippen LogP contribution in [0.3, 0.4) is 0 Å². The van der Waals surface area contributed by atoms with Crippen LogP contribution in [0.25, 0.3) is 0 Å². The summed E-state index contributed by atoms with van der Waals surface area (Å²) in [5, 5.41) is 3.65. The molecule has 18 heavy (non-hydrogen) atoms. The van der Waals surface area contributed by atoms with Gasteiger partial charge in [-0.15, -0.1) is 0 Å². The molecule has 0 atom stereocenters. The van der Waals surface area contributed by atoms with Gasteiger partial charge in [-0.25, -0.2) is 0 Å². The normalized spacial score (nSPS) is 17.9. The lowest BCUT2D eigenvalue weighted by Gasteiger charge is -2.29. The number of rotatable bonds is 5. The molecule has 1 aliphatic rings. The van der Waals surface area contributed by atoms with E-state index in [0.717, 1.165) is 18.9 Å². The lowest BCUT2D eigenvalue weighted by Crippen LogP contribution is -2.40. The molecule has 1 aromatic rings. The molecule has 100 valence electrons. The number of nitrogens with zero attached hydrogens (tertiary/aromatic N) is 1. The van der Waals surface area contributed by atoms with Gasteiger partial charge in [-0.1, -0.05) is 12.1 Å². The number of nitrogens with one attached hydrogen (secondary N) is 1. The van der Waals surface area contributed by atoms with Crippen LogP contribution in [-0.4, -0.2) is 37.7 Å². The SMILES string of the molecule is CCOc1cccc(CNC2CCN(C)CC2)c1. The molecule has 3 nitrogen and oxygen atoms in total. The van der Waals surface area contributed by atoms with Gasteiger partial charge in [0.1, 0.15) is 5.75 Å². The Morgan fingerprint density at radius 1 is 1.33 bits per heavy atom. The summed E-state index contributed by atoms with van der Waals surface area (Å²) in [5.74, 6) is 0.972. The van der Waals surface area contributed by atoms with Crippen molar-refractivity contribution in [1.82, 2.24) is 10.2 Å². The van der Waals surface area contributed by atoms with Crippen molar-refractivity contribution in [2.75, 3.05) is 26.7 Å². The predicted octanol–water partition coefficient (Wildman–Crippen LogP) is 2.27. The van der Waals surface area contributed by atoms with Crippen LogP contribution in [0.2, 0.25) is 0 Å². The van der Waals surface area contributed by atoms with Crippen LogP contribution in [0, 0.1) is 0 Å². The minimum absolute atomic E-state index is 0.664. The fourth-order valence-corrected chi connectivity index (χ4v) is 2.39. The van der Waals surface area contributed by atoms with Crippen LogP contribution in [-0.2, 0) is 6.54 Å². The van der Waals surface area contributed by atoms with Crippen molar-refractivity contribution in [2.24, 2.45) is 0 Å². The van der Waals surface area contributed by atoms with E-state index >= 15 is 0 Å². The molecule has 1 saturated heterocycles. The molecule has 1 aromatic carbocycles. The second-order valence-corrected chi connectivity index (χ2v) is 5.04. The van der Waals surface area contributed by atoms with Gasteiger partial charge in [0.05, 0.1) is 6.61 Å². The number of ether oxygens (including phenoxy) is 1. The van der Waals surface area contributed by atoms with Crippen LogP contribution in [0.4, 0.5) is 0 Å². The lowest BCUT2D eigenvalue weighted by molar-refractivity contribution is 0.234. The fraction of sp³-hybridized carbons (Fsp3) is 0.600. The van der Waals surface area contributed by atoms with Crippen LogP contribution in [0.1, 0.15) is 25.3 Å². The number of hydrogen-bond donors (Lipinski definition) is 1. The van der Waals surface area contributed by atoms with Gasteiger partial charge in [-0.3, -0.25) is 0 Å². The van der Waals surface area contributed by atoms with E-state index in [1.807, 2.05) is 13.0 Å². The zero-order valence-electron chi connectivity index (χ0n) is 11.5. The van der Waals surface area contributed by atoms with Crippen molar-refractivity contribution in [3.63, 3.8) is 0 Å². The summed E-state index contributed by atoms with van der Waals surface area (Å²) in [5.41, 5.74) is 1.31. The van der Waals surface area contributed by atoms with Crippen molar-refractivity contribution in [3.8, 4) is 5.75 Å². The van der Waals surface area contributed by atoms with Gasteiger partial charge in [-0.2, -0.15) is 0 Å². The quantitative estimate of drug-likeness (QED) is 0.865. The summed E-state index contributed by atoms with van der Waals surface area (Å²) in [7, 11) is 2.20. The minimum Gasteiger partial charge on any atom is -0.494 e. The first-order valence-corrected chi connectivity index (χ1v) is 6.91. The van der Waals surface area contributed by atoms with E-state index in [1.165, 1.54) is 31.5 Å². The minimum atomic E-state index is 0.664. The smallest absolute Gasteiger partial charge is 0.119 e. The molecule has 2 rings (SSSR count). The number of likely N-dealkylation sites (tertiary alicyclic amines) is 1. The van der Waals surface area contributed by atoms with E-state index in [2.05, 4.69) is 35.5 Å². The molecule has 0 radical (unpaired) electrons. The standard InChI is InChI=1S/C15H24N2O/c1-3-18-15-6-4-5-13(11-15)12-16-14-7-9-17(2)10-8-14/h4-6,11,14,16H,3,7-10,12H2,1-2H3. The molecule has 0 saturated carbocycles. The first-order valence-electron chi connectivity index (χ1n) is 6.91. The average molecular weight is 248 g/mol. The van der Waals surface area contributed by atoms with Crippen molar-refractivity contribution in [3.05, 3.63) is 29.8 Å². The van der Waals surface area contributed by atoms with E-state index in [9.17, 15) is 0 Å². The van der Waals surface area contributed by atoms with Gasteiger partial charge in [0.2, 0.25) is 0 Å². The van der Waals surface area contributed by atoms with Gasteiger partial charge in [0.25, 0.3) is 0 Å². The average Bonchev–Trinajstić information content (AvgIpc) is 2.39. The molecule has 1 fully saturated rings. The molecule has 1 heterocycles. The highest BCUT2D eigenvalue weighted by Gasteiger charge is 2.15. The number of hydrogen-bond acceptors (Lipinski definition) is 3. The first-order chi connectivity index (χ1) is 8.78. The third-order valence-corrected chi connectivity index (χ3v) is 3.52. The second kappa shape index (κ2) is 6.76. The summed E-state index contributed by atoms with van der Waals surface area (Å²) >= 11 is 0. The Morgan fingerprint density at radius 2 is 2.11 bits per heavy atom. The fourth-order valence-electron chi connectivity index (χ4n) is 2.39. The first kappa shape index (κ1) is 13.4. The number of benzene rings is 1. The topological polar surface area (TPSA) is 24.5 Å². The van der Waals surface area contributed by atoms with Gasteiger partial charge in [-0.05, 0) is 57.6 Å². The molecular weight excluding hydrogens is 224 g/mol. The van der Waals surface area contributed by atoms with Crippen molar-refractivity contribution in [1.29, 1.82) is 0 Å². The van der Waals surface area contributed by atoms with Crippen LogP contribution < -0.4 is 10.1 Å². The third kappa shape index (κ3) is 4.00. The molecule has 0 spiro atoms. The predicted molar refractivity (Wildman–Crippen MR) is 75.0 cm³/mol. The summed E-state index contributed by atoms with van der Waals surface area (Å²) in [4.78, 5) is 2.40. The van der Waals surface area contributed by atoms with Gasteiger partial charge in [0.15, 0.2) is 0 Å². The maximum atomic E-state index is 5.52. The summed E-state index contributed by atoms with van der Waals surface area (Å²) in [6.07, 6.45) is 2.50. The Hall–Kier alpha value is -1.06. The molecule has 1 aliphatic heterocycles. The Morgan fingerprint density at radius 3 is 2.83 bits per heavy atom. The summed E-state index contributed by atoms with van der Waals surface area (Å²) < 4.78 is 5.52. The zero-order valence-corrected chi connectivity index (χ0v) is 11.5. The van der Waals surface area contributed by atoms with Crippen molar-refractivity contribution < 1.29 is 4.74 Å². The highest BCUT2D eigenvalue weighted by molar-refractivity contribution is 5.28. The van der Waals surface area contributed by atoms with Crippen molar-refractivity contribution in [2.45, 2.75) is 32.4 Å². The zero-order chi connectivity index (χ0) is 12.8. The Balaban J connectivity index is 1.80. The maximum absolute atomic E-state index is 5.52. The largest absolute Gasteiger partial charge is 0.494 e. The third-order valence-electron chi connectivity index (χ3n) is 3.52. The molecule has 0 amide bonds. The van der Waals surface area contributed by atoms with Gasteiger partial charge < -0.3 is 15.0 Å². The Bertz CT molecular complexity index is 359. The van der Waals surface area contributed by atoms with E-state index in [4.69, 9.17) is 4.74 Å². The molecular formula is C15H24N2O. The molecule has 3 heteroatoms. The van der Waals surface area contributed by atoms with E-state index < -0.39 is 0 Å². The Labute approximate surface area is 110 Å². The number of piperidine rings is 1. The van der Waals surface area contributed by atoms with E-state index in [1.54, 1.807) is 0 Å². The molecule has 0 aromatic heterocycles. The highest BCUT2D eigenvalue weighted by atomic mass is 16.5. The van der Waals surface area contributed by atoms with Gasteiger partial charge >= 0.3 is 0 Å². The second-order valence-electron chi connectivity index (χ2n) is 5.04. The van der Waals surface area contributed by atoms with E-state index in [0.29, 0.717) is 6.04 Å². The maximum Gasteiger partial charge on any atom is 0.119 e. The van der Waals surface area contributed by atoms with Gasteiger partial charge in [0, 0.05) is 12.6 Å². The molecule has 1 N–H and O–H groups in total. The van der Waals surface area contributed by atoms with Crippen molar-refractivity contribution >= 4 is 0 Å². The van der Waals surface area contributed by atoms with Crippen LogP contribution in [0.15, 0.2) is 24.3 Å². The molecule has 0 aliphatic carbocycles. The summed E-state index contributed by atoms with van der Waals surface area (Å²) in [6.45, 7) is 6.10. The van der Waals surface area contributed by atoms with Crippen LogP contribution >= 0.6 is 0 Å². The molecule has 0 unspecified atom stereocenters. The van der Waals surface area contributed by atoms with E-state index in [-0.39, 0.29) is 0 Å². The monoisotopic (exact) mass is 248 g/mol. The molecule has 0 bridgehead atoms. The highest BCUT2D eigenvalue weighted by Crippen LogP contribution is 2.14. The Kier molecular flexibility index (Phi) is 5.02. The van der Waals surface area contributed by atoms with Crippen LogP contribution in [0.5, 0.6) is 5.75 Å². The summed E-state index contributed by atoms with van der Waals surface area (Å²) in [6, 6.07) is 9.03.